The minimum absolute atomic E-state index is 0.270. The van der Waals surface area contributed by atoms with Gasteiger partial charge in [0.1, 0.15) is 0 Å². The molecule has 0 bridgehead atoms. The van der Waals surface area contributed by atoms with Gasteiger partial charge in [-0.15, -0.1) is 0 Å². The smallest absolute Gasteiger partial charge is 0.0576 e. The van der Waals surface area contributed by atoms with Crippen molar-refractivity contribution in [1.82, 2.24) is 5.32 Å². The zero-order valence-corrected chi connectivity index (χ0v) is 14.0. The highest BCUT2D eigenvalue weighted by atomic mass is 16.2. The van der Waals surface area contributed by atoms with Crippen LogP contribution in [0.25, 0.3) is 0 Å². The fraction of sp³-hybridized carbons (Fsp3) is 0.429. The average Bonchev–Trinajstić information content (AvgIpc) is 2.62. The van der Waals surface area contributed by atoms with Crippen molar-refractivity contribution in [2.24, 2.45) is 0 Å². The molecule has 2 aromatic rings. The van der Waals surface area contributed by atoms with Crippen LogP contribution in [-0.2, 0) is 0 Å². The van der Waals surface area contributed by atoms with Crippen LogP contribution in [0.5, 0.6) is 0 Å². The summed E-state index contributed by atoms with van der Waals surface area (Å²) in [6, 6.07) is 21.6. The standard InChI is InChI=1S/C21H29NO/c23-18-12-4-2-1-3-11-17-22-21(19-13-7-5-8-14-19)20-15-9-6-10-16-20/h5-10,13-16,21-23H,1-4,11-12,17-18H2. The first-order chi connectivity index (χ1) is 11.4. The van der Waals surface area contributed by atoms with E-state index in [1.165, 1.54) is 36.8 Å². The lowest BCUT2D eigenvalue weighted by Gasteiger charge is -2.20. The molecule has 0 saturated heterocycles. The SMILES string of the molecule is OCCCCCCCCNC(c1ccccc1)c1ccccc1. The van der Waals surface area contributed by atoms with Gasteiger partial charge in [-0.3, -0.25) is 0 Å². The van der Waals surface area contributed by atoms with Crippen molar-refractivity contribution in [3.63, 3.8) is 0 Å². The topological polar surface area (TPSA) is 32.3 Å². The maximum absolute atomic E-state index is 8.77. The monoisotopic (exact) mass is 311 g/mol. The molecule has 2 nitrogen and oxygen atoms in total. The van der Waals surface area contributed by atoms with Gasteiger partial charge in [0.2, 0.25) is 0 Å². The van der Waals surface area contributed by atoms with Gasteiger partial charge in [0.05, 0.1) is 6.04 Å². The highest BCUT2D eigenvalue weighted by Crippen LogP contribution is 2.21. The third-order valence-corrected chi connectivity index (χ3v) is 4.20. The summed E-state index contributed by atoms with van der Waals surface area (Å²) < 4.78 is 0. The van der Waals surface area contributed by atoms with Crippen LogP contribution < -0.4 is 5.32 Å². The van der Waals surface area contributed by atoms with Gasteiger partial charge < -0.3 is 10.4 Å². The summed E-state index contributed by atoms with van der Waals surface area (Å²) in [6.45, 7) is 1.37. The zero-order chi connectivity index (χ0) is 16.2. The van der Waals surface area contributed by atoms with Gasteiger partial charge in [0.25, 0.3) is 0 Å². The molecule has 2 heteroatoms. The zero-order valence-electron chi connectivity index (χ0n) is 14.0. The van der Waals surface area contributed by atoms with E-state index >= 15 is 0 Å². The first-order valence-electron chi connectivity index (χ1n) is 8.86. The van der Waals surface area contributed by atoms with E-state index < -0.39 is 0 Å². The van der Waals surface area contributed by atoms with Gasteiger partial charge in [-0.05, 0) is 30.5 Å². The van der Waals surface area contributed by atoms with E-state index in [0.29, 0.717) is 6.61 Å². The lowest BCUT2D eigenvalue weighted by atomic mass is 9.98. The predicted molar refractivity (Wildman–Crippen MR) is 97.5 cm³/mol. The summed E-state index contributed by atoms with van der Waals surface area (Å²) in [5.74, 6) is 0. The summed E-state index contributed by atoms with van der Waals surface area (Å²) in [5.41, 5.74) is 2.64. The molecule has 23 heavy (non-hydrogen) atoms. The third kappa shape index (κ3) is 6.55. The average molecular weight is 311 g/mol. The van der Waals surface area contributed by atoms with Crippen molar-refractivity contribution in [3.8, 4) is 0 Å². The second kappa shape index (κ2) is 11.0. The minimum atomic E-state index is 0.270. The van der Waals surface area contributed by atoms with Crippen LogP contribution in [0.3, 0.4) is 0 Å². The molecule has 0 aromatic heterocycles. The summed E-state index contributed by atoms with van der Waals surface area (Å²) in [6.07, 6.45) is 7.07. The molecule has 2 rings (SSSR count). The number of benzene rings is 2. The van der Waals surface area contributed by atoms with Crippen LogP contribution in [0.15, 0.2) is 60.7 Å². The minimum Gasteiger partial charge on any atom is -0.396 e. The highest BCUT2D eigenvalue weighted by Gasteiger charge is 2.12. The van der Waals surface area contributed by atoms with Crippen LogP contribution >= 0.6 is 0 Å². The van der Waals surface area contributed by atoms with Crippen molar-refractivity contribution < 1.29 is 5.11 Å². The Hall–Kier alpha value is -1.64. The number of hydrogen-bond donors (Lipinski definition) is 2. The van der Waals surface area contributed by atoms with E-state index in [1.54, 1.807) is 0 Å². The highest BCUT2D eigenvalue weighted by molar-refractivity contribution is 5.31. The normalized spacial score (nSPS) is 11.0. The summed E-state index contributed by atoms with van der Waals surface area (Å²) in [7, 11) is 0. The summed E-state index contributed by atoms with van der Waals surface area (Å²) in [5, 5.41) is 12.5. The van der Waals surface area contributed by atoms with E-state index in [0.717, 1.165) is 19.4 Å². The molecule has 2 N–H and O–H groups in total. The van der Waals surface area contributed by atoms with E-state index in [9.17, 15) is 0 Å². The Bertz CT molecular complexity index is 472. The second-order valence-corrected chi connectivity index (χ2v) is 6.05. The van der Waals surface area contributed by atoms with Gasteiger partial charge >= 0.3 is 0 Å². The van der Waals surface area contributed by atoms with E-state index in [-0.39, 0.29) is 6.04 Å². The molecule has 0 saturated carbocycles. The van der Waals surface area contributed by atoms with Crippen LogP contribution in [0.1, 0.15) is 55.7 Å². The largest absolute Gasteiger partial charge is 0.396 e. The van der Waals surface area contributed by atoms with E-state index in [1.807, 2.05) is 0 Å². The number of aliphatic hydroxyl groups excluding tert-OH is 1. The molecule has 124 valence electrons. The molecule has 0 aliphatic heterocycles. The van der Waals surface area contributed by atoms with Crippen molar-refractivity contribution in [1.29, 1.82) is 0 Å². The van der Waals surface area contributed by atoms with Crippen LogP contribution in [-0.4, -0.2) is 18.3 Å². The maximum Gasteiger partial charge on any atom is 0.0576 e. The number of aliphatic hydroxyl groups is 1. The van der Waals surface area contributed by atoms with Crippen LogP contribution in [0.2, 0.25) is 0 Å². The van der Waals surface area contributed by atoms with Gasteiger partial charge in [-0.1, -0.05) is 86.3 Å². The molecule has 0 heterocycles. The van der Waals surface area contributed by atoms with E-state index in [2.05, 4.69) is 66.0 Å². The second-order valence-electron chi connectivity index (χ2n) is 6.05. The Morgan fingerprint density at radius 2 is 1.13 bits per heavy atom. The van der Waals surface area contributed by atoms with Crippen molar-refractivity contribution in [2.75, 3.05) is 13.2 Å². The van der Waals surface area contributed by atoms with Crippen molar-refractivity contribution in [3.05, 3.63) is 71.8 Å². The summed E-state index contributed by atoms with van der Waals surface area (Å²) >= 11 is 0. The fourth-order valence-corrected chi connectivity index (χ4v) is 2.91. The Kier molecular flexibility index (Phi) is 8.46. The van der Waals surface area contributed by atoms with Crippen LogP contribution in [0, 0.1) is 0 Å². The molecule has 0 atom stereocenters. The number of nitrogens with one attached hydrogen (secondary N) is 1. The Morgan fingerprint density at radius 3 is 1.65 bits per heavy atom. The number of unbranched alkanes of at least 4 members (excludes halogenated alkanes) is 5. The first kappa shape index (κ1) is 17.7. The molecular weight excluding hydrogens is 282 g/mol. The molecule has 2 aromatic carbocycles. The first-order valence-corrected chi connectivity index (χ1v) is 8.86. The van der Waals surface area contributed by atoms with Crippen molar-refractivity contribution >= 4 is 0 Å². The Morgan fingerprint density at radius 1 is 0.652 bits per heavy atom. The molecule has 0 fully saturated rings. The fourth-order valence-electron chi connectivity index (χ4n) is 2.91. The van der Waals surface area contributed by atoms with Gasteiger partial charge in [0.15, 0.2) is 0 Å². The maximum atomic E-state index is 8.77. The third-order valence-electron chi connectivity index (χ3n) is 4.20. The molecule has 0 spiro atoms. The van der Waals surface area contributed by atoms with Gasteiger partial charge in [-0.25, -0.2) is 0 Å². The molecule has 0 aliphatic rings. The molecule has 0 unspecified atom stereocenters. The van der Waals surface area contributed by atoms with Gasteiger partial charge in [-0.2, -0.15) is 0 Å². The lowest BCUT2D eigenvalue weighted by Crippen LogP contribution is -2.23. The quantitative estimate of drug-likeness (QED) is 0.590. The predicted octanol–water partition coefficient (Wildman–Crippen LogP) is 4.70. The number of hydrogen-bond acceptors (Lipinski definition) is 2. The molecule has 0 radical (unpaired) electrons. The Balaban J connectivity index is 1.80. The lowest BCUT2D eigenvalue weighted by molar-refractivity contribution is 0.282. The number of rotatable bonds is 11. The van der Waals surface area contributed by atoms with Crippen molar-refractivity contribution in [2.45, 2.75) is 44.6 Å². The van der Waals surface area contributed by atoms with E-state index in [4.69, 9.17) is 5.11 Å². The molecule has 0 amide bonds. The summed E-state index contributed by atoms with van der Waals surface area (Å²) in [4.78, 5) is 0. The molecular formula is C21H29NO. The van der Waals surface area contributed by atoms with Crippen LogP contribution in [0.4, 0.5) is 0 Å². The molecule has 0 aliphatic carbocycles. The Labute approximate surface area is 140 Å². The van der Waals surface area contributed by atoms with Gasteiger partial charge in [0, 0.05) is 6.61 Å².